The van der Waals surface area contributed by atoms with E-state index in [0.29, 0.717) is 41.5 Å². The van der Waals surface area contributed by atoms with Crippen LogP contribution < -0.4 is 4.74 Å². The summed E-state index contributed by atoms with van der Waals surface area (Å²) in [6.45, 7) is 2.17. The third-order valence-electron chi connectivity index (χ3n) is 7.32. The maximum atomic E-state index is 15.2. The van der Waals surface area contributed by atoms with Gasteiger partial charge >= 0.3 is 6.11 Å². The Kier molecular flexibility index (Phi) is 9.09. The van der Waals surface area contributed by atoms with Crippen LogP contribution in [0.3, 0.4) is 0 Å². The zero-order valence-corrected chi connectivity index (χ0v) is 23.6. The van der Waals surface area contributed by atoms with Crippen LogP contribution in [0.4, 0.5) is 30.7 Å². The van der Waals surface area contributed by atoms with Crippen molar-refractivity contribution in [3.8, 4) is 39.1 Å². The van der Waals surface area contributed by atoms with Crippen molar-refractivity contribution in [1.82, 2.24) is 0 Å². The Morgan fingerprint density at radius 2 is 1.07 bits per heavy atom. The third-order valence-corrected chi connectivity index (χ3v) is 7.32. The van der Waals surface area contributed by atoms with Crippen molar-refractivity contribution in [2.24, 2.45) is 0 Å². The predicted molar refractivity (Wildman–Crippen MR) is 157 cm³/mol. The van der Waals surface area contributed by atoms with Gasteiger partial charge in [0, 0.05) is 11.6 Å². The molecule has 0 spiro atoms. The Balaban J connectivity index is 1.34. The fourth-order valence-corrected chi connectivity index (χ4v) is 4.97. The summed E-state index contributed by atoms with van der Waals surface area (Å²) in [7, 11) is 0. The molecule has 0 aliphatic carbocycles. The summed E-state index contributed by atoms with van der Waals surface area (Å²) in [5.41, 5.74) is 2.25. The van der Waals surface area contributed by atoms with E-state index in [2.05, 4.69) is 35.9 Å². The van der Waals surface area contributed by atoms with Gasteiger partial charge in [-0.2, -0.15) is 8.78 Å². The summed E-state index contributed by atoms with van der Waals surface area (Å²) in [5.74, 6) is -7.87. The van der Waals surface area contributed by atoms with Gasteiger partial charge in [0.2, 0.25) is 0 Å². The van der Waals surface area contributed by atoms with Crippen LogP contribution in [0.15, 0.2) is 97.1 Å². The lowest BCUT2D eigenvalue weighted by molar-refractivity contribution is -0.189. The molecule has 0 bridgehead atoms. The lowest BCUT2D eigenvalue weighted by Crippen LogP contribution is -2.25. The van der Waals surface area contributed by atoms with Crippen LogP contribution in [0.5, 0.6) is 5.75 Å². The second kappa shape index (κ2) is 13.0. The van der Waals surface area contributed by atoms with Crippen LogP contribution in [-0.2, 0) is 12.5 Å². The smallest absolute Gasteiger partial charge is 0.429 e. The first-order valence-electron chi connectivity index (χ1n) is 14.1. The Hall–Kier alpha value is -4.59. The summed E-state index contributed by atoms with van der Waals surface area (Å²) in [5, 5.41) is 0. The molecule has 5 rings (SSSR count). The normalized spacial score (nSPS) is 11.5. The number of hydrogen-bond donors (Lipinski definition) is 0. The van der Waals surface area contributed by atoms with Gasteiger partial charge in [-0.25, -0.2) is 22.0 Å². The van der Waals surface area contributed by atoms with Gasteiger partial charge in [0.15, 0.2) is 11.6 Å². The molecule has 0 aliphatic heterocycles. The van der Waals surface area contributed by atoms with Crippen LogP contribution in [0.25, 0.3) is 33.4 Å². The number of ether oxygens (including phenoxy) is 1. The Labute approximate surface area is 250 Å². The summed E-state index contributed by atoms with van der Waals surface area (Å²) >= 11 is 0. The van der Waals surface area contributed by atoms with Gasteiger partial charge in [-0.1, -0.05) is 80.4 Å². The number of benzene rings is 5. The van der Waals surface area contributed by atoms with Gasteiger partial charge in [-0.3, -0.25) is 0 Å². The van der Waals surface area contributed by atoms with E-state index in [1.54, 1.807) is 6.07 Å². The quantitative estimate of drug-likeness (QED) is 0.113. The highest BCUT2D eigenvalue weighted by Crippen LogP contribution is 2.38. The molecule has 1 nitrogen and oxygen atoms in total. The van der Waals surface area contributed by atoms with Crippen molar-refractivity contribution in [2.45, 2.75) is 38.7 Å². The Morgan fingerprint density at radius 1 is 0.523 bits per heavy atom. The number of rotatable bonds is 10. The average Bonchev–Trinajstić information content (AvgIpc) is 2.99. The molecule has 0 amide bonds. The minimum Gasteiger partial charge on any atom is -0.429 e. The minimum absolute atomic E-state index is 0.210. The van der Waals surface area contributed by atoms with Crippen molar-refractivity contribution >= 4 is 0 Å². The Bertz CT molecular complexity index is 1740. The molecule has 8 heteroatoms. The van der Waals surface area contributed by atoms with Crippen molar-refractivity contribution in [1.29, 1.82) is 0 Å². The van der Waals surface area contributed by atoms with Gasteiger partial charge in [-0.05, 0) is 76.6 Å². The largest absolute Gasteiger partial charge is 0.432 e. The number of hydrogen-bond acceptors (Lipinski definition) is 1. The molecule has 0 aromatic heterocycles. The van der Waals surface area contributed by atoms with Crippen LogP contribution in [0, 0.1) is 29.1 Å². The molecular formula is C36H27F7O. The third kappa shape index (κ3) is 6.80. The molecule has 5 aromatic carbocycles. The topological polar surface area (TPSA) is 9.23 Å². The van der Waals surface area contributed by atoms with Gasteiger partial charge in [-0.15, -0.1) is 0 Å². The number of aryl methyl sites for hydroxylation is 1. The molecule has 0 unspecified atom stereocenters. The first-order chi connectivity index (χ1) is 21.1. The van der Waals surface area contributed by atoms with Crippen LogP contribution in [0.1, 0.15) is 37.3 Å². The molecule has 0 saturated carbocycles. The highest BCUT2D eigenvalue weighted by molar-refractivity contribution is 5.74. The summed E-state index contributed by atoms with van der Waals surface area (Å²) < 4.78 is 105. The number of halogens is 7. The Morgan fingerprint density at radius 3 is 1.64 bits per heavy atom. The van der Waals surface area contributed by atoms with Crippen LogP contribution in [-0.4, -0.2) is 0 Å². The van der Waals surface area contributed by atoms with E-state index in [1.807, 2.05) is 24.3 Å². The van der Waals surface area contributed by atoms with E-state index in [9.17, 15) is 26.3 Å². The highest BCUT2D eigenvalue weighted by Gasteiger charge is 2.41. The second-order valence-electron chi connectivity index (χ2n) is 10.4. The van der Waals surface area contributed by atoms with E-state index in [4.69, 9.17) is 0 Å². The summed E-state index contributed by atoms with van der Waals surface area (Å²) in [6.07, 6.45) is -0.0170. The van der Waals surface area contributed by atoms with Gasteiger partial charge in [0.25, 0.3) is 0 Å². The standard InChI is InChI=1S/C36H27F7O/c1-2-3-4-5-22-6-8-23(9-7-22)24-10-12-25(13-11-24)26-14-16-29(31(38)18-26)27-19-33(40)35(34(41)20-27)36(42,43)44-28-15-17-30(37)32(39)21-28/h6-21H,2-5H2,1H3. The molecule has 0 fully saturated rings. The molecular weight excluding hydrogens is 581 g/mol. The average molecular weight is 609 g/mol. The van der Waals surface area contributed by atoms with E-state index >= 15 is 4.39 Å². The molecule has 0 heterocycles. The molecule has 5 aromatic rings. The van der Waals surface area contributed by atoms with E-state index in [0.717, 1.165) is 24.0 Å². The second-order valence-corrected chi connectivity index (χ2v) is 10.4. The molecule has 0 saturated heterocycles. The minimum atomic E-state index is -4.58. The fraction of sp³-hybridized carbons (Fsp3) is 0.167. The van der Waals surface area contributed by atoms with Crippen molar-refractivity contribution in [3.05, 3.63) is 137 Å². The fourth-order valence-electron chi connectivity index (χ4n) is 4.97. The first-order valence-corrected chi connectivity index (χ1v) is 14.1. The highest BCUT2D eigenvalue weighted by atomic mass is 19.3. The van der Waals surface area contributed by atoms with Gasteiger partial charge in [0.05, 0.1) is 0 Å². The van der Waals surface area contributed by atoms with Crippen molar-refractivity contribution in [3.63, 3.8) is 0 Å². The van der Waals surface area contributed by atoms with E-state index in [-0.39, 0.29) is 11.1 Å². The lowest BCUT2D eigenvalue weighted by Gasteiger charge is -2.20. The zero-order valence-electron chi connectivity index (χ0n) is 23.6. The van der Waals surface area contributed by atoms with E-state index in [1.165, 1.54) is 30.5 Å². The molecule has 0 atom stereocenters. The zero-order chi connectivity index (χ0) is 31.4. The molecule has 44 heavy (non-hydrogen) atoms. The van der Waals surface area contributed by atoms with Crippen LogP contribution >= 0.6 is 0 Å². The maximum Gasteiger partial charge on any atom is 0.432 e. The number of alkyl halides is 2. The van der Waals surface area contributed by atoms with Crippen LogP contribution in [0.2, 0.25) is 0 Å². The summed E-state index contributed by atoms with van der Waals surface area (Å²) in [4.78, 5) is 0. The predicted octanol–water partition coefficient (Wildman–Crippen LogP) is 11.2. The van der Waals surface area contributed by atoms with E-state index < -0.39 is 46.5 Å². The number of unbranched alkanes of at least 4 members (excludes halogenated alkanes) is 2. The lowest BCUT2D eigenvalue weighted by atomic mass is 9.96. The van der Waals surface area contributed by atoms with Crippen molar-refractivity contribution < 1.29 is 35.5 Å². The molecule has 0 radical (unpaired) electrons. The van der Waals surface area contributed by atoms with Gasteiger partial charge < -0.3 is 4.74 Å². The monoisotopic (exact) mass is 608 g/mol. The molecule has 0 aliphatic rings. The summed E-state index contributed by atoms with van der Waals surface area (Å²) in [6, 6.07) is 22.6. The van der Waals surface area contributed by atoms with Crippen molar-refractivity contribution in [2.75, 3.05) is 0 Å². The van der Waals surface area contributed by atoms with Gasteiger partial charge in [0.1, 0.15) is 28.8 Å². The maximum absolute atomic E-state index is 15.2. The molecule has 0 N–H and O–H groups in total. The first kappa shape index (κ1) is 30.9. The molecule has 226 valence electrons. The SMILES string of the molecule is CCCCCc1ccc(-c2ccc(-c3ccc(-c4cc(F)c(C(F)(F)Oc5ccc(F)c(F)c5)c(F)c4)c(F)c3)cc2)cc1.